The summed E-state index contributed by atoms with van der Waals surface area (Å²) in [5.41, 5.74) is 8.18. The number of thiocarbonyl (C=S) groups is 1. The van der Waals surface area contributed by atoms with Gasteiger partial charge in [-0.05, 0) is 19.0 Å². The SMILES string of the molecule is CCN(CCC(N)=S)Cc1cccc(C)c1. The Balaban J connectivity index is 2.52. The molecule has 0 spiro atoms. The van der Waals surface area contributed by atoms with Gasteiger partial charge in [-0.15, -0.1) is 0 Å². The molecule has 2 N–H and O–H groups in total. The van der Waals surface area contributed by atoms with Gasteiger partial charge in [0.05, 0.1) is 4.99 Å². The smallest absolute Gasteiger partial charge is 0.0740 e. The Bertz CT molecular complexity index is 350. The molecule has 0 atom stereocenters. The number of hydrogen-bond donors (Lipinski definition) is 1. The molecule has 0 aliphatic heterocycles. The molecule has 0 unspecified atom stereocenters. The largest absolute Gasteiger partial charge is 0.393 e. The molecule has 88 valence electrons. The Labute approximate surface area is 103 Å². The first kappa shape index (κ1) is 13.1. The standard InChI is InChI=1S/C13H20N2S/c1-3-15(8-7-13(14)16)10-12-6-4-5-11(2)9-12/h4-6,9H,3,7-8,10H2,1-2H3,(H2,14,16). The summed E-state index contributed by atoms with van der Waals surface area (Å²) >= 11 is 4.90. The molecule has 0 aromatic heterocycles. The van der Waals surface area contributed by atoms with E-state index in [4.69, 9.17) is 18.0 Å². The number of aryl methyl sites for hydroxylation is 1. The minimum Gasteiger partial charge on any atom is -0.393 e. The Kier molecular flexibility index (Phi) is 5.43. The van der Waals surface area contributed by atoms with E-state index in [2.05, 4.69) is 43.0 Å². The highest BCUT2D eigenvalue weighted by Crippen LogP contribution is 2.07. The first-order chi connectivity index (χ1) is 7.61. The molecule has 0 aliphatic carbocycles. The van der Waals surface area contributed by atoms with Gasteiger partial charge in [0.2, 0.25) is 0 Å². The van der Waals surface area contributed by atoms with Crippen LogP contribution in [0.4, 0.5) is 0 Å². The van der Waals surface area contributed by atoms with Crippen LogP contribution in [0.25, 0.3) is 0 Å². The summed E-state index contributed by atoms with van der Waals surface area (Å²) in [7, 11) is 0. The molecule has 1 aromatic rings. The maximum Gasteiger partial charge on any atom is 0.0740 e. The second kappa shape index (κ2) is 6.61. The van der Waals surface area contributed by atoms with Gasteiger partial charge in [0.1, 0.15) is 0 Å². The predicted molar refractivity (Wildman–Crippen MR) is 73.5 cm³/mol. The van der Waals surface area contributed by atoms with Crippen LogP contribution >= 0.6 is 12.2 Å². The minimum absolute atomic E-state index is 0.600. The zero-order valence-corrected chi connectivity index (χ0v) is 10.9. The minimum atomic E-state index is 0.600. The lowest BCUT2D eigenvalue weighted by Gasteiger charge is -2.20. The summed E-state index contributed by atoms with van der Waals surface area (Å²) in [4.78, 5) is 2.95. The van der Waals surface area contributed by atoms with Gasteiger partial charge in [-0.25, -0.2) is 0 Å². The summed E-state index contributed by atoms with van der Waals surface area (Å²) < 4.78 is 0. The highest BCUT2D eigenvalue weighted by atomic mass is 32.1. The first-order valence-corrected chi connectivity index (χ1v) is 6.09. The van der Waals surface area contributed by atoms with Crippen LogP contribution in [0.15, 0.2) is 24.3 Å². The molecule has 1 rings (SSSR count). The van der Waals surface area contributed by atoms with Gasteiger partial charge in [-0.1, -0.05) is 49.0 Å². The molecule has 0 fully saturated rings. The van der Waals surface area contributed by atoms with Crippen LogP contribution in [-0.4, -0.2) is 23.0 Å². The van der Waals surface area contributed by atoms with Gasteiger partial charge in [0.25, 0.3) is 0 Å². The van der Waals surface area contributed by atoms with Crippen molar-refractivity contribution in [2.24, 2.45) is 5.73 Å². The van der Waals surface area contributed by atoms with Gasteiger partial charge < -0.3 is 5.73 Å². The number of nitrogens with zero attached hydrogens (tertiary/aromatic N) is 1. The maximum atomic E-state index is 5.52. The normalized spacial score (nSPS) is 10.7. The Morgan fingerprint density at radius 3 is 2.75 bits per heavy atom. The van der Waals surface area contributed by atoms with Crippen LogP contribution in [0, 0.1) is 6.92 Å². The van der Waals surface area contributed by atoms with E-state index < -0.39 is 0 Å². The molecule has 0 heterocycles. The van der Waals surface area contributed by atoms with E-state index in [1.54, 1.807) is 0 Å². The van der Waals surface area contributed by atoms with Crippen LogP contribution in [0.1, 0.15) is 24.5 Å². The van der Waals surface area contributed by atoms with Crippen LogP contribution in [0.2, 0.25) is 0 Å². The fraction of sp³-hybridized carbons (Fsp3) is 0.462. The van der Waals surface area contributed by atoms with Crippen molar-refractivity contribution < 1.29 is 0 Å². The average Bonchev–Trinajstić information content (AvgIpc) is 2.24. The molecule has 2 nitrogen and oxygen atoms in total. The lowest BCUT2D eigenvalue weighted by atomic mass is 10.1. The zero-order chi connectivity index (χ0) is 12.0. The van der Waals surface area contributed by atoms with Crippen molar-refractivity contribution in [1.82, 2.24) is 4.90 Å². The van der Waals surface area contributed by atoms with Crippen LogP contribution in [0.3, 0.4) is 0 Å². The molecule has 0 aliphatic rings. The van der Waals surface area contributed by atoms with Crippen molar-refractivity contribution in [2.75, 3.05) is 13.1 Å². The van der Waals surface area contributed by atoms with Gasteiger partial charge in [0, 0.05) is 19.5 Å². The summed E-state index contributed by atoms with van der Waals surface area (Å²) in [5.74, 6) is 0. The number of nitrogens with two attached hydrogens (primary N) is 1. The average molecular weight is 236 g/mol. The fourth-order valence-corrected chi connectivity index (χ4v) is 1.78. The second-order valence-corrected chi connectivity index (χ2v) is 4.60. The predicted octanol–water partition coefficient (Wildman–Crippen LogP) is 2.49. The summed E-state index contributed by atoms with van der Waals surface area (Å²) in [5, 5.41) is 0. The second-order valence-electron chi connectivity index (χ2n) is 4.07. The van der Waals surface area contributed by atoms with Gasteiger partial charge >= 0.3 is 0 Å². The van der Waals surface area contributed by atoms with Gasteiger partial charge in [-0.3, -0.25) is 4.90 Å². The quantitative estimate of drug-likeness (QED) is 0.770. The Hall–Kier alpha value is -0.930. The molecular formula is C13H20N2S. The van der Waals surface area contributed by atoms with Crippen LogP contribution < -0.4 is 5.73 Å². The highest BCUT2D eigenvalue weighted by molar-refractivity contribution is 7.80. The van der Waals surface area contributed by atoms with Crippen molar-refractivity contribution in [3.63, 3.8) is 0 Å². The first-order valence-electron chi connectivity index (χ1n) is 5.68. The third-order valence-electron chi connectivity index (χ3n) is 2.61. The van der Waals surface area contributed by atoms with E-state index in [-0.39, 0.29) is 0 Å². The summed E-state index contributed by atoms with van der Waals surface area (Å²) in [6.07, 6.45) is 0.801. The monoisotopic (exact) mass is 236 g/mol. The van der Waals surface area contributed by atoms with E-state index in [1.807, 2.05) is 0 Å². The van der Waals surface area contributed by atoms with Crippen molar-refractivity contribution in [3.05, 3.63) is 35.4 Å². The van der Waals surface area contributed by atoms with Crippen molar-refractivity contribution in [3.8, 4) is 0 Å². The molecule has 3 heteroatoms. The third kappa shape index (κ3) is 4.73. The van der Waals surface area contributed by atoms with E-state index in [9.17, 15) is 0 Å². The van der Waals surface area contributed by atoms with Gasteiger partial charge in [0.15, 0.2) is 0 Å². The lowest BCUT2D eigenvalue weighted by molar-refractivity contribution is 0.288. The van der Waals surface area contributed by atoms with Crippen LogP contribution in [-0.2, 0) is 6.54 Å². The van der Waals surface area contributed by atoms with Crippen LogP contribution in [0.5, 0.6) is 0 Å². The van der Waals surface area contributed by atoms with Crippen molar-refractivity contribution in [2.45, 2.75) is 26.8 Å². The van der Waals surface area contributed by atoms with Gasteiger partial charge in [-0.2, -0.15) is 0 Å². The van der Waals surface area contributed by atoms with E-state index in [0.29, 0.717) is 4.99 Å². The summed E-state index contributed by atoms with van der Waals surface area (Å²) in [6, 6.07) is 8.61. The highest BCUT2D eigenvalue weighted by Gasteiger charge is 2.04. The lowest BCUT2D eigenvalue weighted by Crippen LogP contribution is -2.27. The number of hydrogen-bond acceptors (Lipinski definition) is 2. The molecule has 0 bridgehead atoms. The molecule has 0 amide bonds. The Morgan fingerprint density at radius 2 is 2.19 bits per heavy atom. The third-order valence-corrected chi connectivity index (χ3v) is 2.81. The molecule has 0 saturated carbocycles. The number of rotatable bonds is 6. The topological polar surface area (TPSA) is 29.3 Å². The van der Waals surface area contributed by atoms with E-state index in [0.717, 1.165) is 26.1 Å². The van der Waals surface area contributed by atoms with Crippen molar-refractivity contribution >= 4 is 17.2 Å². The Morgan fingerprint density at radius 1 is 1.44 bits per heavy atom. The molecule has 0 saturated heterocycles. The molecule has 0 radical (unpaired) electrons. The molecule has 16 heavy (non-hydrogen) atoms. The molecule has 1 aromatic carbocycles. The van der Waals surface area contributed by atoms with E-state index >= 15 is 0 Å². The number of benzene rings is 1. The van der Waals surface area contributed by atoms with E-state index in [1.165, 1.54) is 11.1 Å². The maximum absolute atomic E-state index is 5.52. The molecular weight excluding hydrogens is 216 g/mol. The summed E-state index contributed by atoms with van der Waals surface area (Å²) in [6.45, 7) is 7.22. The fourth-order valence-electron chi connectivity index (χ4n) is 1.69. The zero-order valence-electron chi connectivity index (χ0n) is 10.1. The van der Waals surface area contributed by atoms with Crippen molar-refractivity contribution in [1.29, 1.82) is 0 Å².